The summed E-state index contributed by atoms with van der Waals surface area (Å²) in [6.07, 6.45) is -0.413. The molecule has 1 aliphatic heterocycles. The lowest BCUT2D eigenvalue weighted by Crippen LogP contribution is -2.30. The van der Waals surface area contributed by atoms with E-state index in [0.717, 1.165) is 32.7 Å². The van der Waals surface area contributed by atoms with Crippen molar-refractivity contribution >= 4 is 33.5 Å². The molecule has 35 heavy (non-hydrogen) atoms. The summed E-state index contributed by atoms with van der Waals surface area (Å²) in [7, 11) is 0. The Morgan fingerprint density at radius 3 is 2.26 bits per heavy atom. The van der Waals surface area contributed by atoms with Gasteiger partial charge in [-0.15, -0.1) is 0 Å². The third kappa shape index (κ3) is 3.52. The number of nitrogens with zero attached hydrogens (tertiary/aromatic N) is 4. The lowest BCUT2D eigenvalue weighted by atomic mass is 9.87. The zero-order valence-electron chi connectivity index (χ0n) is 19.3. The van der Waals surface area contributed by atoms with Crippen LogP contribution in [-0.4, -0.2) is 26.2 Å². The van der Waals surface area contributed by atoms with Crippen molar-refractivity contribution in [2.75, 3.05) is 5.32 Å². The Labute approximate surface area is 202 Å². The molecule has 1 aromatic heterocycles. The van der Waals surface area contributed by atoms with Gasteiger partial charge in [-0.2, -0.15) is 4.68 Å². The van der Waals surface area contributed by atoms with Gasteiger partial charge in [-0.25, -0.2) is 4.79 Å². The third-order valence-corrected chi connectivity index (χ3v) is 6.57. The molecule has 4 aromatic carbocycles. The topological polar surface area (TPSA) is 81.9 Å². The van der Waals surface area contributed by atoms with Crippen molar-refractivity contribution in [3.63, 3.8) is 0 Å². The van der Waals surface area contributed by atoms with Crippen molar-refractivity contribution in [3.8, 4) is 0 Å². The zero-order chi connectivity index (χ0) is 23.9. The van der Waals surface area contributed by atoms with E-state index in [1.165, 1.54) is 0 Å². The van der Waals surface area contributed by atoms with E-state index in [-0.39, 0.29) is 0 Å². The first-order valence-corrected chi connectivity index (χ1v) is 11.5. The largest absolute Gasteiger partial charge is 0.454 e. The van der Waals surface area contributed by atoms with Crippen LogP contribution in [0.3, 0.4) is 0 Å². The maximum atomic E-state index is 13.8. The number of esters is 1. The third-order valence-electron chi connectivity index (χ3n) is 6.57. The van der Waals surface area contributed by atoms with E-state index in [0.29, 0.717) is 17.2 Å². The zero-order valence-corrected chi connectivity index (χ0v) is 19.3. The summed E-state index contributed by atoms with van der Waals surface area (Å²) in [6, 6.07) is 27.7. The highest BCUT2D eigenvalue weighted by Crippen LogP contribution is 2.42. The molecule has 1 unspecified atom stereocenters. The summed E-state index contributed by atoms with van der Waals surface area (Å²) >= 11 is 0. The lowest BCUT2D eigenvalue weighted by Gasteiger charge is -2.30. The first-order valence-electron chi connectivity index (χ1n) is 11.5. The van der Waals surface area contributed by atoms with Crippen LogP contribution in [0.2, 0.25) is 0 Å². The minimum absolute atomic E-state index is 0.408. The van der Waals surface area contributed by atoms with E-state index in [1.54, 1.807) is 4.68 Å². The molecule has 0 saturated heterocycles. The molecule has 7 heteroatoms. The van der Waals surface area contributed by atoms with Crippen LogP contribution in [0.1, 0.15) is 37.1 Å². The van der Waals surface area contributed by atoms with Crippen molar-refractivity contribution in [2.45, 2.75) is 26.0 Å². The van der Waals surface area contributed by atoms with E-state index >= 15 is 0 Å². The van der Waals surface area contributed by atoms with Gasteiger partial charge in [-0.1, -0.05) is 84.0 Å². The normalized spacial score (nSPS) is 16.1. The molecule has 2 heterocycles. The number of aromatic nitrogens is 4. The molecule has 0 spiro atoms. The Bertz CT molecular complexity index is 1550. The van der Waals surface area contributed by atoms with Gasteiger partial charge in [0.05, 0.1) is 5.57 Å². The first kappa shape index (κ1) is 21.0. The Balaban J connectivity index is 1.56. The predicted molar refractivity (Wildman–Crippen MR) is 135 cm³/mol. The number of carbonyl (C=O) groups is 1. The van der Waals surface area contributed by atoms with E-state index < -0.39 is 18.1 Å². The van der Waals surface area contributed by atoms with Crippen LogP contribution < -0.4 is 5.32 Å². The number of anilines is 1. The number of rotatable bonds is 4. The number of allylic oxidation sites excluding steroid dienone is 1. The minimum atomic E-state index is -0.562. The molecule has 2 atom stereocenters. The van der Waals surface area contributed by atoms with Gasteiger partial charge in [0.25, 0.3) is 0 Å². The molecule has 172 valence electrons. The number of benzene rings is 4. The number of ether oxygens (including phenoxy) is 1. The van der Waals surface area contributed by atoms with E-state index in [4.69, 9.17) is 4.74 Å². The highest BCUT2D eigenvalue weighted by atomic mass is 16.5. The first-order chi connectivity index (χ1) is 17.1. The number of hydrogen-bond donors (Lipinski definition) is 1. The van der Waals surface area contributed by atoms with E-state index in [1.807, 2.05) is 68.4 Å². The monoisotopic (exact) mass is 461 g/mol. The molecular formula is C28H23N5O2. The second-order valence-corrected chi connectivity index (χ2v) is 8.70. The summed E-state index contributed by atoms with van der Waals surface area (Å²) in [5.41, 5.74) is 3.04. The molecular weight excluding hydrogens is 438 g/mol. The van der Waals surface area contributed by atoms with Gasteiger partial charge in [0.2, 0.25) is 5.95 Å². The van der Waals surface area contributed by atoms with Gasteiger partial charge in [-0.05, 0) is 63.0 Å². The van der Waals surface area contributed by atoms with Crippen LogP contribution >= 0.6 is 0 Å². The smallest absolute Gasteiger partial charge is 0.338 e. The fourth-order valence-corrected chi connectivity index (χ4v) is 4.90. The Kier molecular flexibility index (Phi) is 5.03. The molecule has 0 bridgehead atoms. The average Bonchev–Trinajstić information content (AvgIpc) is 3.35. The molecule has 0 fully saturated rings. The molecule has 5 aromatic rings. The van der Waals surface area contributed by atoms with Gasteiger partial charge in [0.15, 0.2) is 0 Å². The fourth-order valence-electron chi connectivity index (χ4n) is 4.90. The van der Waals surface area contributed by atoms with Crippen LogP contribution in [0.25, 0.3) is 21.5 Å². The van der Waals surface area contributed by atoms with E-state index in [2.05, 4.69) is 51.2 Å². The molecule has 0 amide bonds. The van der Waals surface area contributed by atoms with Crippen molar-refractivity contribution in [3.05, 3.63) is 107 Å². The van der Waals surface area contributed by atoms with Gasteiger partial charge >= 0.3 is 5.97 Å². The van der Waals surface area contributed by atoms with Crippen molar-refractivity contribution in [1.29, 1.82) is 0 Å². The maximum Gasteiger partial charge on any atom is 0.338 e. The highest BCUT2D eigenvalue weighted by molar-refractivity contribution is 6.05. The van der Waals surface area contributed by atoms with Crippen LogP contribution in [-0.2, 0) is 9.53 Å². The Morgan fingerprint density at radius 1 is 0.943 bits per heavy atom. The lowest BCUT2D eigenvalue weighted by molar-refractivity contribution is -0.144. The molecule has 6 rings (SSSR count). The number of tetrazole rings is 1. The molecule has 7 nitrogen and oxygen atoms in total. The Hall–Kier alpha value is -4.52. The molecule has 0 saturated carbocycles. The summed E-state index contributed by atoms with van der Waals surface area (Å²) < 4.78 is 7.67. The van der Waals surface area contributed by atoms with E-state index in [9.17, 15) is 4.79 Å². The molecule has 1 N–H and O–H groups in total. The summed E-state index contributed by atoms with van der Waals surface area (Å²) in [5, 5.41) is 19.8. The summed E-state index contributed by atoms with van der Waals surface area (Å²) in [5.74, 6) is 0.0756. The SMILES string of the molecule is CC1=C(C(=O)O[C@@H](C)c2ccccc2)C(c2c3ccccc3cc3ccccc23)n2nnnc2N1. The second kappa shape index (κ2) is 8.36. The van der Waals surface area contributed by atoms with Gasteiger partial charge in [0, 0.05) is 5.70 Å². The van der Waals surface area contributed by atoms with Crippen LogP contribution in [0, 0.1) is 0 Å². The van der Waals surface area contributed by atoms with Gasteiger partial charge in [-0.3, -0.25) is 0 Å². The number of nitrogens with one attached hydrogen (secondary N) is 1. The fraction of sp³-hybridized carbons (Fsp3) is 0.143. The van der Waals surface area contributed by atoms with Crippen LogP contribution in [0.5, 0.6) is 0 Å². The van der Waals surface area contributed by atoms with Crippen molar-refractivity contribution in [2.24, 2.45) is 0 Å². The second-order valence-electron chi connectivity index (χ2n) is 8.70. The minimum Gasteiger partial charge on any atom is -0.454 e. The molecule has 0 aliphatic carbocycles. The van der Waals surface area contributed by atoms with Crippen LogP contribution in [0.4, 0.5) is 5.95 Å². The number of carbonyl (C=O) groups excluding carboxylic acids is 1. The van der Waals surface area contributed by atoms with Crippen molar-refractivity contribution < 1.29 is 9.53 Å². The standard InChI is InChI=1S/C28H23N5O2/c1-17-24(27(34)35-18(2)19-10-4-3-5-11-19)26(33-28(29-17)30-31-32-33)25-22-14-8-6-12-20(22)16-21-13-7-9-15-23(21)25/h3-16,18,26H,1-2H3,(H,29,30,32)/t18-,26?/m0/s1. The quantitative estimate of drug-likeness (QED) is 0.278. The predicted octanol–water partition coefficient (Wildman–Crippen LogP) is 5.57. The molecule has 0 radical (unpaired) electrons. The average molecular weight is 462 g/mol. The molecule has 1 aliphatic rings. The van der Waals surface area contributed by atoms with Gasteiger partial charge < -0.3 is 10.1 Å². The summed E-state index contributed by atoms with van der Waals surface area (Å²) in [6.45, 7) is 3.74. The summed E-state index contributed by atoms with van der Waals surface area (Å²) in [4.78, 5) is 13.8. The highest BCUT2D eigenvalue weighted by Gasteiger charge is 2.37. The maximum absolute atomic E-state index is 13.8. The van der Waals surface area contributed by atoms with Crippen LogP contribution in [0.15, 0.2) is 96.2 Å². The number of fused-ring (bicyclic) bond motifs is 3. The number of hydrogen-bond acceptors (Lipinski definition) is 6. The van der Waals surface area contributed by atoms with Gasteiger partial charge in [0.1, 0.15) is 12.1 Å². The van der Waals surface area contributed by atoms with Crippen molar-refractivity contribution in [1.82, 2.24) is 20.2 Å². The Morgan fingerprint density at radius 2 is 1.57 bits per heavy atom.